The van der Waals surface area contributed by atoms with Gasteiger partial charge in [-0.25, -0.2) is 0 Å². The van der Waals surface area contributed by atoms with Crippen molar-refractivity contribution in [1.82, 2.24) is 0 Å². The van der Waals surface area contributed by atoms with Crippen molar-refractivity contribution in [3.8, 4) is 0 Å². The van der Waals surface area contributed by atoms with Gasteiger partial charge in [-0.1, -0.05) is 0 Å². The summed E-state index contributed by atoms with van der Waals surface area (Å²) >= 11 is 0. The van der Waals surface area contributed by atoms with E-state index in [1.807, 2.05) is 0 Å². The Labute approximate surface area is 101 Å². The van der Waals surface area contributed by atoms with Crippen LogP contribution in [0.4, 0.5) is 0 Å². The van der Waals surface area contributed by atoms with Crippen LogP contribution in [0.5, 0.6) is 0 Å². The summed E-state index contributed by atoms with van der Waals surface area (Å²) in [5.41, 5.74) is 0. The molecule has 4 atom stereocenters. The zero-order chi connectivity index (χ0) is 12.8. The van der Waals surface area contributed by atoms with Crippen LogP contribution in [0.2, 0.25) is 0 Å². The Hall–Kier alpha value is -0.690. The summed E-state index contributed by atoms with van der Waals surface area (Å²) in [7, 11) is 4.72. The molecule has 0 aliphatic carbocycles. The van der Waals surface area contributed by atoms with Crippen LogP contribution in [-0.2, 0) is 28.5 Å². The highest BCUT2D eigenvalue weighted by atomic mass is 16.6. The number of hydrogen-bond acceptors (Lipinski definition) is 6. The predicted molar refractivity (Wildman–Crippen MR) is 58.8 cm³/mol. The van der Waals surface area contributed by atoms with Gasteiger partial charge in [0.2, 0.25) is 0 Å². The van der Waals surface area contributed by atoms with Crippen LogP contribution in [0.15, 0.2) is 0 Å². The number of rotatable bonds is 5. The van der Waals surface area contributed by atoms with Crippen molar-refractivity contribution < 1.29 is 28.5 Å². The third-order valence-electron chi connectivity index (χ3n) is 2.72. The molecule has 1 rings (SSSR count). The van der Waals surface area contributed by atoms with Crippen molar-refractivity contribution in [3.63, 3.8) is 0 Å². The minimum Gasteiger partial charge on any atom is -0.457 e. The van der Waals surface area contributed by atoms with Gasteiger partial charge in [-0.3, -0.25) is 4.79 Å². The highest BCUT2D eigenvalue weighted by molar-refractivity contribution is 5.66. The Bertz CT molecular complexity index is 244. The molecule has 0 unspecified atom stereocenters. The molecule has 0 aromatic heterocycles. The van der Waals surface area contributed by atoms with Crippen LogP contribution < -0.4 is 0 Å². The standard InChI is InChI=1S/C11H20O6/c1-7(12)17-9-6-16-8(5-13-2)10(14-3)11(9)15-4/h8-11H,5-6H2,1-4H3/t8-,9+,10-,11+/m0/s1. The Balaban J connectivity index is 2.70. The summed E-state index contributed by atoms with van der Waals surface area (Å²) < 4.78 is 26.5. The van der Waals surface area contributed by atoms with E-state index in [0.29, 0.717) is 6.61 Å². The number of esters is 1. The highest BCUT2D eigenvalue weighted by Crippen LogP contribution is 2.23. The van der Waals surface area contributed by atoms with Crippen LogP contribution >= 0.6 is 0 Å². The van der Waals surface area contributed by atoms with Crippen molar-refractivity contribution in [2.45, 2.75) is 31.3 Å². The predicted octanol–water partition coefficient (Wildman–Crippen LogP) is -0.00670. The molecule has 0 radical (unpaired) electrons. The lowest BCUT2D eigenvalue weighted by Gasteiger charge is -2.40. The molecule has 0 aromatic carbocycles. The average Bonchev–Trinajstić information content (AvgIpc) is 2.30. The summed E-state index contributed by atoms with van der Waals surface area (Å²) in [6.07, 6.45) is -1.34. The van der Waals surface area contributed by atoms with E-state index in [2.05, 4.69) is 0 Å². The van der Waals surface area contributed by atoms with Crippen molar-refractivity contribution in [1.29, 1.82) is 0 Å². The van der Waals surface area contributed by atoms with Gasteiger partial charge in [0.15, 0.2) is 6.10 Å². The first kappa shape index (κ1) is 14.4. The topological polar surface area (TPSA) is 63.2 Å². The molecule has 0 N–H and O–H groups in total. The zero-order valence-electron chi connectivity index (χ0n) is 10.7. The smallest absolute Gasteiger partial charge is 0.303 e. The van der Waals surface area contributed by atoms with Crippen LogP contribution in [0.1, 0.15) is 6.92 Å². The van der Waals surface area contributed by atoms with E-state index in [1.54, 1.807) is 21.3 Å². The van der Waals surface area contributed by atoms with E-state index >= 15 is 0 Å². The number of carbonyl (C=O) groups excluding carboxylic acids is 1. The van der Waals surface area contributed by atoms with E-state index in [4.69, 9.17) is 23.7 Å². The van der Waals surface area contributed by atoms with Crippen LogP contribution in [0, 0.1) is 0 Å². The molecule has 100 valence electrons. The number of hydrogen-bond donors (Lipinski definition) is 0. The van der Waals surface area contributed by atoms with E-state index in [0.717, 1.165) is 0 Å². The lowest BCUT2D eigenvalue weighted by atomic mass is 10.00. The molecule has 17 heavy (non-hydrogen) atoms. The van der Waals surface area contributed by atoms with Crippen molar-refractivity contribution in [2.75, 3.05) is 34.5 Å². The molecule has 0 saturated carbocycles. The molecule has 0 spiro atoms. The van der Waals surface area contributed by atoms with Gasteiger partial charge < -0.3 is 23.7 Å². The fourth-order valence-corrected chi connectivity index (χ4v) is 2.02. The van der Waals surface area contributed by atoms with E-state index in [9.17, 15) is 4.79 Å². The average molecular weight is 248 g/mol. The van der Waals surface area contributed by atoms with E-state index in [1.165, 1.54) is 6.92 Å². The molecule has 6 heteroatoms. The van der Waals surface area contributed by atoms with Crippen molar-refractivity contribution in [3.05, 3.63) is 0 Å². The molecule has 1 fully saturated rings. The van der Waals surface area contributed by atoms with Gasteiger partial charge in [0, 0.05) is 28.3 Å². The molecule has 1 heterocycles. The third kappa shape index (κ3) is 3.64. The second-order valence-corrected chi connectivity index (χ2v) is 3.88. The fourth-order valence-electron chi connectivity index (χ4n) is 2.02. The van der Waals surface area contributed by atoms with Gasteiger partial charge in [0.25, 0.3) is 0 Å². The molecular formula is C11H20O6. The first-order chi connectivity index (χ1) is 8.13. The second kappa shape index (κ2) is 6.90. The van der Waals surface area contributed by atoms with Gasteiger partial charge in [0.05, 0.1) is 13.2 Å². The van der Waals surface area contributed by atoms with Gasteiger partial charge >= 0.3 is 5.97 Å². The molecule has 0 aromatic rings. The van der Waals surface area contributed by atoms with Gasteiger partial charge in [-0.2, -0.15) is 0 Å². The second-order valence-electron chi connectivity index (χ2n) is 3.88. The number of ether oxygens (including phenoxy) is 5. The lowest BCUT2D eigenvalue weighted by Crippen LogP contribution is -2.57. The van der Waals surface area contributed by atoms with Crippen molar-refractivity contribution in [2.24, 2.45) is 0 Å². The maximum absolute atomic E-state index is 11.0. The Morgan fingerprint density at radius 1 is 1.24 bits per heavy atom. The summed E-state index contributed by atoms with van der Waals surface area (Å²) in [5.74, 6) is -0.360. The largest absolute Gasteiger partial charge is 0.457 e. The lowest BCUT2D eigenvalue weighted by molar-refractivity contribution is -0.223. The van der Waals surface area contributed by atoms with Gasteiger partial charge in [-0.05, 0) is 0 Å². The number of carbonyl (C=O) groups is 1. The minimum absolute atomic E-state index is 0.221. The Morgan fingerprint density at radius 2 is 1.88 bits per heavy atom. The Kier molecular flexibility index (Phi) is 5.84. The Morgan fingerprint density at radius 3 is 2.35 bits per heavy atom. The van der Waals surface area contributed by atoms with Gasteiger partial charge in [-0.15, -0.1) is 0 Å². The number of methoxy groups -OCH3 is 3. The van der Waals surface area contributed by atoms with E-state index < -0.39 is 6.10 Å². The summed E-state index contributed by atoms with van der Waals surface area (Å²) in [5, 5.41) is 0. The molecular weight excluding hydrogens is 228 g/mol. The van der Waals surface area contributed by atoms with Crippen LogP contribution in [0.25, 0.3) is 0 Å². The van der Waals surface area contributed by atoms with Crippen molar-refractivity contribution >= 4 is 5.97 Å². The summed E-state index contributed by atoms with van der Waals surface area (Å²) in [6, 6.07) is 0. The molecule has 1 saturated heterocycles. The fraction of sp³-hybridized carbons (Fsp3) is 0.909. The third-order valence-corrected chi connectivity index (χ3v) is 2.72. The van der Waals surface area contributed by atoms with Crippen LogP contribution in [0.3, 0.4) is 0 Å². The monoisotopic (exact) mass is 248 g/mol. The zero-order valence-corrected chi connectivity index (χ0v) is 10.7. The summed E-state index contributed by atoms with van der Waals surface area (Å²) in [4.78, 5) is 11.0. The highest BCUT2D eigenvalue weighted by Gasteiger charge is 2.42. The quantitative estimate of drug-likeness (QED) is 0.638. The first-order valence-electron chi connectivity index (χ1n) is 5.47. The van der Waals surface area contributed by atoms with Crippen LogP contribution in [-0.4, -0.2) is 64.9 Å². The SMILES string of the molecule is COC[C@@H]1OC[C@@H](OC(C)=O)[C@@H](OC)[C@H]1OC. The normalized spacial score (nSPS) is 33.4. The maximum Gasteiger partial charge on any atom is 0.303 e. The van der Waals surface area contributed by atoms with E-state index in [-0.39, 0.29) is 30.9 Å². The molecule has 1 aliphatic rings. The van der Waals surface area contributed by atoms with Gasteiger partial charge in [0.1, 0.15) is 18.3 Å². The summed E-state index contributed by atoms with van der Waals surface area (Å²) in [6.45, 7) is 2.05. The first-order valence-corrected chi connectivity index (χ1v) is 5.47. The maximum atomic E-state index is 11.0. The molecule has 0 bridgehead atoms. The molecule has 1 aliphatic heterocycles. The molecule has 0 amide bonds. The molecule has 6 nitrogen and oxygen atoms in total. The minimum atomic E-state index is -0.449.